The minimum absolute atomic E-state index is 0. The van der Waals surface area contributed by atoms with Gasteiger partial charge in [-0.15, -0.1) is 0 Å². The topological polar surface area (TPSA) is 33.1 Å². The quantitative estimate of drug-likeness (QED) is 0.705. The summed E-state index contributed by atoms with van der Waals surface area (Å²) in [7, 11) is 0. The van der Waals surface area contributed by atoms with E-state index in [4.69, 9.17) is 0 Å². The van der Waals surface area contributed by atoms with Gasteiger partial charge in [0.05, 0.1) is 5.69 Å². The van der Waals surface area contributed by atoms with E-state index in [0.717, 1.165) is 11.1 Å². The molecule has 0 radical (unpaired) electrons. The molecule has 2 aromatic rings. The SMILES string of the molecule is C=Cc1ccc2cccc(O)c2n1.[NaH]. The van der Waals surface area contributed by atoms with E-state index in [2.05, 4.69) is 11.6 Å². The van der Waals surface area contributed by atoms with E-state index in [1.165, 1.54) is 0 Å². The summed E-state index contributed by atoms with van der Waals surface area (Å²) < 4.78 is 0. The average Bonchev–Trinajstić information content (AvgIpc) is 2.18. The number of rotatable bonds is 1. The molecule has 2 rings (SSSR count). The van der Waals surface area contributed by atoms with Crippen molar-refractivity contribution >= 4 is 46.5 Å². The van der Waals surface area contributed by atoms with Crippen LogP contribution in [0.1, 0.15) is 5.69 Å². The number of phenolic OH excluding ortho intramolecular Hbond substituents is 1. The number of benzene rings is 1. The van der Waals surface area contributed by atoms with Gasteiger partial charge in [0, 0.05) is 5.39 Å². The molecule has 2 nitrogen and oxygen atoms in total. The Bertz CT molecular complexity index is 468. The van der Waals surface area contributed by atoms with Crippen molar-refractivity contribution in [3.05, 3.63) is 42.6 Å². The second kappa shape index (κ2) is 4.60. The van der Waals surface area contributed by atoms with Crippen LogP contribution in [0.4, 0.5) is 0 Å². The molecule has 1 aromatic carbocycles. The normalized spacial score (nSPS) is 9.43. The van der Waals surface area contributed by atoms with Crippen molar-refractivity contribution in [1.82, 2.24) is 4.98 Å². The maximum absolute atomic E-state index is 9.49. The first-order valence-electron chi connectivity index (χ1n) is 4.02. The van der Waals surface area contributed by atoms with E-state index in [9.17, 15) is 5.11 Å². The third-order valence-electron chi connectivity index (χ3n) is 1.93. The van der Waals surface area contributed by atoms with Crippen LogP contribution in [0.3, 0.4) is 0 Å². The van der Waals surface area contributed by atoms with Gasteiger partial charge in [-0.05, 0) is 18.2 Å². The van der Waals surface area contributed by atoms with E-state index in [1.54, 1.807) is 18.2 Å². The van der Waals surface area contributed by atoms with Crippen LogP contribution in [-0.4, -0.2) is 39.6 Å². The summed E-state index contributed by atoms with van der Waals surface area (Å²) in [6.07, 6.45) is 1.66. The molecule has 0 bridgehead atoms. The fraction of sp³-hybridized carbons (Fsp3) is 0. The number of pyridine rings is 1. The van der Waals surface area contributed by atoms with Gasteiger partial charge in [-0.1, -0.05) is 24.8 Å². The van der Waals surface area contributed by atoms with E-state index in [0.29, 0.717) is 5.52 Å². The van der Waals surface area contributed by atoms with Crippen molar-refractivity contribution in [3.8, 4) is 5.75 Å². The third-order valence-corrected chi connectivity index (χ3v) is 1.93. The Balaban J connectivity index is 0.000000980. The average molecular weight is 195 g/mol. The molecule has 0 aliphatic rings. The first kappa shape index (κ1) is 11.2. The van der Waals surface area contributed by atoms with Gasteiger partial charge in [-0.25, -0.2) is 4.98 Å². The van der Waals surface area contributed by atoms with E-state index < -0.39 is 0 Å². The van der Waals surface area contributed by atoms with Gasteiger partial charge in [-0.3, -0.25) is 0 Å². The van der Waals surface area contributed by atoms with Crippen molar-refractivity contribution in [3.63, 3.8) is 0 Å². The summed E-state index contributed by atoms with van der Waals surface area (Å²) in [5, 5.41) is 10.4. The first-order chi connectivity index (χ1) is 6.31. The van der Waals surface area contributed by atoms with Crippen LogP contribution in [-0.2, 0) is 0 Å². The minimum atomic E-state index is 0. The second-order valence-electron chi connectivity index (χ2n) is 2.79. The van der Waals surface area contributed by atoms with Gasteiger partial charge in [0.2, 0.25) is 0 Å². The predicted octanol–water partition coefficient (Wildman–Crippen LogP) is 1.93. The number of phenols is 1. The summed E-state index contributed by atoms with van der Waals surface area (Å²) in [6, 6.07) is 9.12. The Morgan fingerprint density at radius 1 is 1.21 bits per heavy atom. The van der Waals surface area contributed by atoms with Gasteiger partial charge in [-0.2, -0.15) is 0 Å². The summed E-state index contributed by atoms with van der Waals surface area (Å²) >= 11 is 0. The molecule has 66 valence electrons. The molecule has 0 fully saturated rings. The molecule has 0 saturated carbocycles. The van der Waals surface area contributed by atoms with Crippen molar-refractivity contribution in [2.75, 3.05) is 0 Å². The number of hydrogen-bond donors (Lipinski definition) is 1. The summed E-state index contributed by atoms with van der Waals surface area (Å²) in [5.74, 6) is 0.209. The van der Waals surface area contributed by atoms with Crippen molar-refractivity contribution in [2.45, 2.75) is 0 Å². The van der Waals surface area contributed by atoms with E-state index in [-0.39, 0.29) is 35.3 Å². The molecule has 0 aliphatic carbocycles. The molecule has 0 saturated heterocycles. The number of fused-ring (bicyclic) bond motifs is 1. The Labute approximate surface area is 105 Å². The molecule has 0 amide bonds. The molecule has 3 heteroatoms. The molecule has 0 unspecified atom stereocenters. The Morgan fingerprint density at radius 2 is 2.00 bits per heavy atom. The molecular weight excluding hydrogens is 185 g/mol. The molecule has 0 spiro atoms. The fourth-order valence-electron chi connectivity index (χ4n) is 1.26. The standard InChI is InChI=1S/C11H9NO.Na.H/c1-2-9-7-6-8-4-3-5-10(13)11(8)12-9;;/h2-7,13H,1H2;;. The monoisotopic (exact) mass is 195 g/mol. The maximum atomic E-state index is 9.49. The van der Waals surface area contributed by atoms with Crippen LogP contribution < -0.4 is 0 Å². The number of aromatic nitrogens is 1. The van der Waals surface area contributed by atoms with Gasteiger partial charge in [0.25, 0.3) is 0 Å². The first-order valence-corrected chi connectivity index (χ1v) is 4.02. The summed E-state index contributed by atoms with van der Waals surface area (Å²) in [4.78, 5) is 4.23. The van der Waals surface area contributed by atoms with Gasteiger partial charge in [0.15, 0.2) is 0 Å². The zero-order chi connectivity index (χ0) is 9.26. The second-order valence-corrected chi connectivity index (χ2v) is 2.79. The zero-order valence-electron chi connectivity index (χ0n) is 7.07. The fourth-order valence-corrected chi connectivity index (χ4v) is 1.26. The summed E-state index contributed by atoms with van der Waals surface area (Å²) in [5.41, 5.74) is 1.40. The van der Waals surface area contributed by atoms with Gasteiger partial charge >= 0.3 is 29.6 Å². The number of aromatic hydroxyl groups is 1. The van der Waals surface area contributed by atoms with Gasteiger partial charge in [0.1, 0.15) is 11.3 Å². The number of hydrogen-bond acceptors (Lipinski definition) is 2. The van der Waals surface area contributed by atoms with E-state index >= 15 is 0 Å². The molecular formula is C11H10NNaO. The zero-order valence-corrected chi connectivity index (χ0v) is 7.07. The van der Waals surface area contributed by atoms with Crippen LogP contribution in [0.5, 0.6) is 5.75 Å². The Hall–Kier alpha value is -0.830. The molecule has 14 heavy (non-hydrogen) atoms. The molecule has 0 atom stereocenters. The van der Waals surface area contributed by atoms with Crippen molar-refractivity contribution in [1.29, 1.82) is 0 Å². The third kappa shape index (κ3) is 1.98. The van der Waals surface area contributed by atoms with Crippen LogP contribution in [0.25, 0.3) is 17.0 Å². The van der Waals surface area contributed by atoms with Crippen LogP contribution in [0, 0.1) is 0 Å². The number of para-hydroxylation sites is 1. The van der Waals surface area contributed by atoms with Crippen LogP contribution >= 0.6 is 0 Å². The van der Waals surface area contributed by atoms with E-state index in [1.807, 2.05) is 18.2 Å². The van der Waals surface area contributed by atoms with Crippen molar-refractivity contribution < 1.29 is 5.11 Å². The molecule has 1 heterocycles. The van der Waals surface area contributed by atoms with Crippen LogP contribution in [0.15, 0.2) is 36.9 Å². The molecule has 0 aliphatic heterocycles. The Kier molecular flexibility index (Phi) is 3.69. The number of nitrogens with zero attached hydrogens (tertiary/aromatic N) is 1. The Morgan fingerprint density at radius 3 is 2.71 bits per heavy atom. The van der Waals surface area contributed by atoms with Gasteiger partial charge < -0.3 is 5.11 Å². The summed E-state index contributed by atoms with van der Waals surface area (Å²) in [6.45, 7) is 3.62. The van der Waals surface area contributed by atoms with Crippen LogP contribution in [0.2, 0.25) is 0 Å². The molecule has 1 aromatic heterocycles. The molecule has 1 N–H and O–H groups in total. The predicted molar refractivity (Wildman–Crippen MR) is 60.6 cm³/mol. The van der Waals surface area contributed by atoms with Crippen molar-refractivity contribution in [2.24, 2.45) is 0 Å².